The van der Waals surface area contributed by atoms with Crippen molar-refractivity contribution in [3.05, 3.63) is 71.3 Å². The zero-order valence-corrected chi connectivity index (χ0v) is 23.6. The number of methoxy groups -OCH3 is 3. The largest absolute Gasteiger partial charge is 0.496 e. The van der Waals surface area contributed by atoms with Gasteiger partial charge in [0.15, 0.2) is 11.5 Å². The van der Waals surface area contributed by atoms with E-state index >= 15 is 0 Å². The van der Waals surface area contributed by atoms with Crippen molar-refractivity contribution in [2.24, 2.45) is 0 Å². The van der Waals surface area contributed by atoms with Crippen LogP contribution >= 0.6 is 23.4 Å². The number of aromatic nitrogens is 2. The Kier molecular flexibility index (Phi) is 8.60. The van der Waals surface area contributed by atoms with Crippen molar-refractivity contribution in [1.29, 1.82) is 0 Å². The highest BCUT2D eigenvalue weighted by Gasteiger charge is 2.22. The van der Waals surface area contributed by atoms with Crippen LogP contribution in [0.25, 0.3) is 10.9 Å². The van der Waals surface area contributed by atoms with Crippen molar-refractivity contribution in [3.8, 4) is 17.2 Å². The Morgan fingerprint density at radius 3 is 2.44 bits per heavy atom. The van der Waals surface area contributed by atoms with Gasteiger partial charge in [0.2, 0.25) is 0 Å². The van der Waals surface area contributed by atoms with Crippen LogP contribution in [-0.2, 0) is 6.54 Å². The van der Waals surface area contributed by atoms with Gasteiger partial charge in [-0.15, -0.1) is 11.8 Å². The molecule has 204 valence electrons. The SMILES string of the molecule is COc1ccc(CN(c2ccc(F)c(Cl)c2)c2ncnc3cc(OC)c(SC4CCNCC4)cc23)cc1OC. The molecule has 0 atom stereocenters. The van der Waals surface area contributed by atoms with Crippen molar-refractivity contribution in [1.82, 2.24) is 15.3 Å². The minimum atomic E-state index is -0.482. The Labute approximate surface area is 236 Å². The molecule has 0 unspecified atom stereocenters. The van der Waals surface area contributed by atoms with Gasteiger partial charge in [-0.1, -0.05) is 17.7 Å². The van der Waals surface area contributed by atoms with Gasteiger partial charge in [-0.25, -0.2) is 14.4 Å². The molecule has 0 radical (unpaired) electrons. The number of nitrogens with zero attached hydrogens (tertiary/aromatic N) is 3. The molecule has 10 heteroatoms. The van der Waals surface area contributed by atoms with Gasteiger partial charge in [0, 0.05) is 28.9 Å². The molecule has 4 aromatic rings. The van der Waals surface area contributed by atoms with E-state index in [0.29, 0.717) is 34.8 Å². The number of rotatable bonds is 9. The predicted molar refractivity (Wildman–Crippen MR) is 155 cm³/mol. The number of ether oxygens (including phenoxy) is 3. The Hall–Kier alpha value is -3.27. The minimum Gasteiger partial charge on any atom is -0.496 e. The van der Waals surface area contributed by atoms with Gasteiger partial charge in [-0.2, -0.15) is 0 Å². The summed E-state index contributed by atoms with van der Waals surface area (Å²) in [7, 11) is 4.89. The van der Waals surface area contributed by atoms with Crippen molar-refractivity contribution in [3.63, 3.8) is 0 Å². The molecule has 0 aliphatic carbocycles. The molecule has 1 saturated heterocycles. The highest BCUT2D eigenvalue weighted by molar-refractivity contribution is 8.00. The first-order valence-corrected chi connectivity index (χ1v) is 13.9. The van der Waals surface area contributed by atoms with Crippen LogP contribution in [0.1, 0.15) is 18.4 Å². The van der Waals surface area contributed by atoms with Crippen LogP contribution in [0.3, 0.4) is 0 Å². The monoisotopic (exact) mass is 568 g/mol. The maximum absolute atomic E-state index is 14.2. The summed E-state index contributed by atoms with van der Waals surface area (Å²) in [6, 6.07) is 14.5. The number of benzene rings is 3. The molecule has 1 aliphatic heterocycles. The van der Waals surface area contributed by atoms with E-state index in [1.54, 1.807) is 33.5 Å². The maximum atomic E-state index is 14.2. The molecule has 1 fully saturated rings. The van der Waals surface area contributed by atoms with Crippen LogP contribution in [-0.4, -0.2) is 49.6 Å². The molecular formula is C29H30ClFN4O3S. The van der Waals surface area contributed by atoms with E-state index in [2.05, 4.69) is 16.4 Å². The second-order valence-corrected chi connectivity index (χ2v) is 10.9. The zero-order chi connectivity index (χ0) is 27.4. The molecule has 0 saturated carbocycles. The molecule has 1 N–H and O–H groups in total. The van der Waals surface area contributed by atoms with Crippen LogP contribution in [0.2, 0.25) is 5.02 Å². The van der Waals surface area contributed by atoms with Gasteiger partial charge >= 0.3 is 0 Å². The van der Waals surface area contributed by atoms with Crippen molar-refractivity contribution in [2.75, 3.05) is 39.3 Å². The summed E-state index contributed by atoms with van der Waals surface area (Å²) in [6.07, 6.45) is 3.70. The number of nitrogens with one attached hydrogen (secondary N) is 1. The molecular weight excluding hydrogens is 539 g/mol. The van der Waals surface area contributed by atoms with Gasteiger partial charge in [0.25, 0.3) is 0 Å². The molecule has 1 aliphatic rings. The number of piperidine rings is 1. The summed E-state index contributed by atoms with van der Waals surface area (Å²) in [6.45, 7) is 2.43. The molecule has 0 spiro atoms. The molecule has 3 aromatic carbocycles. The summed E-state index contributed by atoms with van der Waals surface area (Å²) in [5.41, 5.74) is 2.38. The second-order valence-electron chi connectivity index (χ2n) is 9.16. The smallest absolute Gasteiger partial charge is 0.161 e. The fourth-order valence-corrected chi connectivity index (χ4v) is 6.16. The molecule has 5 rings (SSSR count). The summed E-state index contributed by atoms with van der Waals surface area (Å²) in [4.78, 5) is 12.3. The van der Waals surface area contributed by atoms with E-state index in [-0.39, 0.29) is 5.02 Å². The first-order chi connectivity index (χ1) is 19.0. The lowest BCUT2D eigenvalue weighted by Crippen LogP contribution is -2.29. The van der Waals surface area contributed by atoms with Gasteiger partial charge in [0.1, 0.15) is 23.7 Å². The summed E-state index contributed by atoms with van der Waals surface area (Å²) in [5, 5.41) is 4.80. The standard InChI is InChI=1S/C29H30ClFN4O3S/c1-36-25-7-4-18(12-26(25)37-2)16-35(19-5-6-23(31)22(30)13-19)29-21-14-28(39-20-8-10-32-11-9-20)27(38-3)15-24(21)33-17-34-29/h4-7,12-15,17,20,32H,8-11,16H2,1-3H3. The lowest BCUT2D eigenvalue weighted by Gasteiger charge is -2.27. The average Bonchev–Trinajstić information content (AvgIpc) is 2.97. The predicted octanol–water partition coefficient (Wildman–Crippen LogP) is 6.63. The minimum absolute atomic E-state index is 0.0343. The highest BCUT2D eigenvalue weighted by Crippen LogP contribution is 2.41. The van der Waals surface area contributed by atoms with Gasteiger partial charge in [0.05, 0.1) is 36.8 Å². The fraction of sp³-hybridized carbons (Fsp3) is 0.310. The molecule has 0 bridgehead atoms. The first-order valence-electron chi connectivity index (χ1n) is 12.6. The Bertz CT molecular complexity index is 1470. The Morgan fingerprint density at radius 2 is 1.72 bits per heavy atom. The van der Waals surface area contributed by atoms with Crippen molar-refractivity contribution >= 4 is 45.8 Å². The number of halogens is 2. The van der Waals surface area contributed by atoms with E-state index in [1.165, 1.54) is 12.4 Å². The van der Waals surface area contributed by atoms with E-state index in [1.807, 2.05) is 40.9 Å². The fourth-order valence-electron chi connectivity index (χ4n) is 4.71. The summed E-state index contributed by atoms with van der Waals surface area (Å²) in [5.74, 6) is 2.23. The van der Waals surface area contributed by atoms with Gasteiger partial charge < -0.3 is 24.4 Å². The normalized spacial score (nSPS) is 13.9. The third-order valence-corrected chi connectivity index (χ3v) is 8.41. The lowest BCUT2D eigenvalue weighted by atomic mass is 10.1. The topological polar surface area (TPSA) is 68.7 Å². The highest BCUT2D eigenvalue weighted by atomic mass is 35.5. The van der Waals surface area contributed by atoms with E-state index in [0.717, 1.165) is 53.0 Å². The number of hydrogen-bond donors (Lipinski definition) is 1. The maximum Gasteiger partial charge on any atom is 0.161 e. The number of hydrogen-bond acceptors (Lipinski definition) is 8. The van der Waals surface area contributed by atoms with Crippen LogP contribution in [0, 0.1) is 5.82 Å². The summed E-state index contributed by atoms with van der Waals surface area (Å²) < 4.78 is 30.9. The molecule has 0 amide bonds. The Morgan fingerprint density at radius 1 is 0.949 bits per heavy atom. The van der Waals surface area contributed by atoms with Crippen LogP contribution in [0.5, 0.6) is 17.2 Å². The van der Waals surface area contributed by atoms with Crippen molar-refractivity contribution in [2.45, 2.75) is 29.5 Å². The van der Waals surface area contributed by atoms with Crippen LogP contribution in [0.15, 0.2) is 59.8 Å². The second kappa shape index (κ2) is 12.3. The zero-order valence-electron chi connectivity index (χ0n) is 22.0. The van der Waals surface area contributed by atoms with Crippen LogP contribution in [0.4, 0.5) is 15.9 Å². The van der Waals surface area contributed by atoms with E-state index in [4.69, 9.17) is 30.8 Å². The molecule has 39 heavy (non-hydrogen) atoms. The third kappa shape index (κ3) is 6.00. The van der Waals surface area contributed by atoms with E-state index in [9.17, 15) is 4.39 Å². The number of fused-ring (bicyclic) bond motifs is 1. The average molecular weight is 569 g/mol. The molecule has 7 nitrogen and oxygen atoms in total. The number of thioether (sulfide) groups is 1. The quantitative estimate of drug-likeness (QED) is 0.241. The molecule has 1 aromatic heterocycles. The summed E-state index contributed by atoms with van der Waals surface area (Å²) >= 11 is 8.06. The lowest BCUT2D eigenvalue weighted by molar-refractivity contribution is 0.354. The first kappa shape index (κ1) is 27.3. The van der Waals surface area contributed by atoms with Gasteiger partial charge in [-0.3, -0.25) is 0 Å². The Balaban J connectivity index is 1.63. The van der Waals surface area contributed by atoms with Crippen LogP contribution < -0.4 is 24.4 Å². The van der Waals surface area contributed by atoms with Gasteiger partial charge in [-0.05, 0) is 67.9 Å². The van der Waals surface area contributed by atoms with Crippen molar-refractivity contribution < 1.29 is 18.6 Å². The molecule has 2 heterocycles. The third-order valence-electron chi connectivity index (χ3n) is 6.74. The number of anilines is 2. The van der Waals surface area contributed by atoms with E-state index < -0.39 is 5.82 Å².